The smallest absolute Gasteiger partial charge is 0.242 e. The quantitative estimate of drug-likeness (QED) is 0.662. The summed E-state index contributed by atoms with van der Waals surface area (Å²) in [6, 6.07) is 12.5. The lowest BCUT2D eigenvalue weighted by atomic mass is 10.1. The number of thioether (sulfide) groups is 1. The second-order valence-electron chi connectivity index (χ2n) is 6.11. The molecule has 2 amide bonds. The van der Waals surface area contributed by atoms with Crippen LogP contribution in [0.5, 0.6) is 0 Å². The summed E-state index contributed by atoms with van der Waals surface area (Å²) in [5.74, 6) is -0.188. The van der Waals surface area contributed by atoms with E-state index >= 15 is 0 Å². The molecule has 0 saturated carbocycles. The monoisotopic (exact) mass is 424 g/mol. The maximum atomic E-state index is 12.9. The predicted molar refractivity (Wildman–Crippen MR) is 112 cm³/mol. The minimum atomic E-state index is -0.645. The van der Waals surface area contributed by atoms with Crippen LogP contribution in [-0.2, 0) is 16.1 Å². The van der Waals surface area contributed by atoms with Crippen molar-refractivity contribution >= 4 is 46.8 Å². The second kappa shape index (κ2) is 10.0. The van der Waals surface area contributed by atoms with Crippen molar-refractivity contribution in [1.82, 2.24) is 10.2 Å². The van der Waals surface area contributed by atoms with Crippen LogP contribution in [0.25, 0.3) is 0 Å². The van der Waals surface area contributed by atoms with E-state index in [0.29, 0.717) is 15.6 Å². The number of halogens is 2. The zero-order valence-electron chi connectivity index (χ0n) is 15.5. The lowest BCUT2D eigenvalue weighted by Gasteiger charge is -2.29. The van der Waals surface area contributed by atoms with E-state index in [1.54, 1.807) is 32.2 Å². The number of likely N-dealkylation sites (N-methyl/N-ethyl adjacent to an activating group) is 1. The van der Waals surface area contributed by atoms with Crippen molar-refractivity contribution < 1.29 is 9.59 Å². The maximum Gasteiger partial charge on any atom is 0.242 e. The Morgan fingerprint density at radius 3 is 2.26 bits per heavy atom. The Hall–Kier alpha value is -1.69. The number of amides is 2. The first-order valence-electron chi connectivity index (χ1n) is 8.47. The Morgan fingerprint density at radius 2 is 1.70 bits per heavy atom. The number of aryl methyl sites for hydroxylation is 1. The normalized spacial score (nSPS) is 11.7. The molecule has 7 heteroatoms. The van der Waals surface area contributed by atoms with Crippen molar-refractivity contribution in [2.24, 2.45) is 0 Å². The number of carbonyl (C=O) groups is 2. The minimum Gasteiger partial charge on any atom is -0.357 e. The first-order valence-corrected chi connectivity index (χ1v) is 10.2. The highest BCUT2D eigenvalue weighted by Gasteiger charge is 2.26. The van der Waals surface area contributed by atoms with Crippen molar-refractivity contribution in [3.63, 3.8) is 0 Å². The molecule has 0 aliphatic heterocycles. The Kier molecular flexibility index (Phi) is 8.02. The average molecular weight is 425 g/mol. The Balaban J connectivity index is 2.19. The standard InChI is InChI=1S/C20H22Cl2N2O2S/c1-13-7-9-15(10-8-13)27-12-19(25)24(14(2)20(26)23-3)11-16-17(21)5-4-6-18(16)22/h4-10,14H,11-12H2,1-3H3,(H,23,26)/t14-/m0/s1. The third kappa shape index (κ3) is 5.89. The lowest BCUT2D eigenvalue weighted by molar-refractivity contribution is -0.138. The number of benzene rings is 2. The first kappa shape index (κ1) is 21.6. The number of carbonyl (C=O) groups excluding carboxylic acids is 2. The fourth-order valence-electron chi connectivity index (χ4n) is 2.51. The molecule has 0 unspecified atom stereocenters. The molecular weight excluding hydrogens is 403 g/mol. The van der Waals surface area contributed by atoms with Crippen molar-refractivity contribution in [3.8, 4) is 0 Å². The highest BCUT2D eigenvalue weighted by Crippen LogP contribution is 2.27. The number of nitrogens with zero attached hydrogens (tertiary/aromatic N) is 1. The molecule has 4 nitrogen and oxygen atoms in total. The highest BCUT2D eigenvalue weighted by atomic mass is 35.5. The zero-order chi connectivity index (χ0) is 20.0. The summed E-state index contributed by atoms with van der Waals surface area (Å²) in [6.45, 7) is 3.87. The molecule has 0 spiro atoms. The molecule has 144 valence electrons. The third-order valence-corrected chi connectivity index (χ3v) is 5.89. The van der Waals surface area contributed by atoms with Crippen molar-refractivity contribution in [2.45, 2.75) is 31.3 Å². The molecule has 0 aromatic heterocycles. The maximum absolute atomic E-state index is 12.9. The summed E-state index contributed by atoms with van der Waals surface area (Å²) in [5, 5.41) is 3.53. The van der Waals surface area contributed by atoms with Gasteiger partial charge in [-0.15, -0.1) is 11.8 Å². The molecule has 0 heterocycles. The molecule has 0 radical (unpaired) electrons. The van der Waals surface area contributed by atoms with Crippen LogP contribution >= 0.6 is 35.0 Å². The molecule has 0 aliphatic carbocycles. The van der Waals surface area contributed by atoms with Gasteiger partial charge in [-0.25, -0.2) is 0 Å². The number of hydrogen-bond donors (Lipinski definition) is 1. The Labute approximate surface area is 174 Å². The number of hydrogen-bond acceptors (Lipinski definition) is 3. The van der Waals surface area contributed by atoms with Crippen LogP contribution in [0.15, 0.2) is 47.4 Å². The molecule has 0 fully saturated rings. The molecule has 1 N–H and O–H groups in total. The van der Waals surface area contributed by atoms with Gasteiger partial charge < -0.3 is 10.2 Å². The van der Waals surface area contributed by atoms with Crippen LogP contribution in [0, 0.1) is 6.92 Å². The van der Waals surface area contributed by atoms with Gasteiger partial charge in [-0.3, -0.25) is 9.59 Å². The van der Waals surface area contributed by atoms with Crippen LogP contribution in [0.2, 0.25) is 10.0 Å². The van der Waals surface area contributed by atoms with Gasteiger partial charge in [0.15, 0.2) is 0 Å². The van der Waals surface area contributed by atoms with E-state index in [1.165, 1.54) is 16.7 Å². The third-order valence-electron chi connectivity index (χ3n) is 4.19. The van der Waals surface area contributed by atoms with Crippen LogP contribution in [0.3, 0.4) is 0 Å². The molecule has 2 aromatic rings. The molecule has 2 rings (SSSR count). The van der Waals surface area contributed by atoms with Crippen molar-refractivity contribution in [3.05, 3.63) is 63.6 Å². The summed E-state index contributed by atoms with van der Waals surface area (Å²) in [5.41, 5.74) is 1.79. The van der Waals surface area contributed by atoms with Gasteiger partial charge in [-0.2, -0.15) is 0 Å². The summed E-state index contributed by atoms with van der Waals surface area (Å²) in [7, 11) is 1.55. The van der Waals surface area contributed by atoms with Gasteiger partial charge in [0.1, 0.15) is 6.04 Å². The summed E-state index contributed by atoms with van der Waals surface area (Å²) < 4.78 is 0. The molecule has 0 bridgehead atoms. The van der Waals surface area contributed by atoms with E-state index in [4.69, 9.17) is 23.2 Å². The SMILES string of the molecule is CNC(=O)[C@H](C)N(Cc1c(Cl)cccc1Cl)C(=O)CSc1ccc(C)cc1. The Bertz CT molecular complexity index is 792. The van der Waals surface area contributed by atoms with Gasteiger partial charge in [0.25, 0.3) is 0 Å². The summed E-state index contributed by atoms with van der Waals surface area (Å²) in [6.07, 6.45) is 0. The minimum absolute atomic E-state index is 0.160. The predicted octanol–water partition coefficient (Wildman–Crippen LogP) is 4.56. The Morgan fingerprint density at radius 1 is 1.11 bits per heavy atom. The van der Waals surface area contributed by atoms with Gasteiger partial charge in [-0.1, -0.05) is 47.0 Å². The molecule has 2 aromatic carbocycles. The average Bonchev–Trinajstić information content (AvgIpc) is 2.66. The molecule has 0 aliphatic rings. The van der Waals surface area contributed by atoms with Crippen LogP contribution in [0.1, 0.15) is 18.1 Å². The van der Waals surface area contributed by atoms with E-state index in [0.717, 1.165) is 10.5 Å². The molecule has 0 saturated heterocycles. The van der Waals surface area contributed by atoms with E-state index < -0.39 is 6.04 Å². The van der Waals surface area contributed by atoms with Crippen LogP contribution in [-0.4, -0.2) is 35.6 Å². The number of rotatable bonds is 7. The van der Waals surface area contributed by atoms with Gasteiger partial charge in [0.2, 0.25) is 11.8 Å². The van der Waals surface area contributed by atoms with Gasteiger partial charge in [0.05, 0.1) is 5.75 Å². The van der Waals surface area contributed by atoms with E-state index in [2.05, 4.69) is 5.32 Å². The summed E-state index contributed by atoms with van der Waals surface area (Å²) >= 11 is 13.9. The number of nitrogens with one attached hydrogen (secondary N) is 1. The zero-order valence-corrected chi connectivity index (χ0v) is 17.8. The van der Waals surface area contributed by atoms with Crippen LogP contribution in [0.4, 0.5) is 0 Å². The summed E-state index contributed by atoms with van der Waals surface area (Å²) in [4.78, 5) is 27.6. The largest absolute Gasteiger partial charge is 0.357 e. The lowest BCUT2D eigenvalue weighted by Crippen LogP contribution is -2.47. The fraction of sp³-hybridized carbons (Fsp3) is 0.300. The highest BCUT2D eigenvalue weighted by molar-refractivity contribution is 8.00. The van der Waals surface area contributed by atoms with Gasteiger partial charge >= 0.3 is 0 Å². The van der Waals surface area contributed by atoms with E-state index in [-0.39, 0.29) is 24.1 Å². The molecule has 1 atom stereocenters. The van der Waals surface area contributed by atoms with Crippen LogP contribution < -0.4 is 5.32 Å². The molecular formula is C20H22Cl2N2O2S. The second-order valence-corrected chi connectivity index (χ2v) is 7.98. The molecule has 27 heavy (non-hydrogen) atoms. The first-order chi connectivity index (χ1) is 12.8. The van der Waals surface area contributed by atoms with Gasteiger partial charge in [0, 0.05) is 34.1 Å². The van der Waals surface area contributed by atoms with E-state index in [1.807, 2.05) is 31.2 Å². The fourth-order valence-corrected chi connectivity index (χ4v) is 3.81. The topological polar surface area (TPSA) is 49.4 Å². The van der Waals surface area contributed by atoms with Crippen molar-refractivity contribution in [1.29, 1.82) is 0 Å². The van der Waals surface area contributed by atoms with E-state index in [9.17, 15) is 9.59 Å². The van der Waals surface area contributed by atoms with Gasteiger partial charge in [-0.05, 0) is 38.1 Å². The van der Waals surface area contributed by atoms with Crippen molar-refractivity contribution in [2.75, 3.05) is 12.8 Å².